The van der Waals surface area contributed by atoms with E-state index in [1.165, 1.54) is 4.90 Å². The largest absolute Gasteiger partial charge is 0.444 e. The first-order chi connectivity index (χ1) is 11.2. The third-order valence-electron chi connectivity index (χ3n) is 3.99. The first-order valence-electron chi connectivity index (χ1n) is 7.95. The summed E-state index contributed by atoms with van der Waals surface area (Å²) in [5.41, 5.74) is 2.93. The molecular formula is C18H20BrFN2O2. The molecule has 2 heterocycles. The molecular weight excluding hydrogens is 375 g/mol. The maximum absolute atomic E-state index is 14.7. The first-order valence-corrected chi connectivity index (χ1v) is 8.74. The summed E-state index contributed by atoms with van der Waals surface area (Å²) in [6.45, 7) is 5.82. The highest BCUT2D eigenvalue weighted by atomic mass is 79.9. The maximum atomic E-state index is 14.7. The molecule has 1 aliphatic heterocycles. The van der Waals surface area contributed by atoms with Crippen LogP contribution in [0, 0.1) is 0 Å². The summed E-state index contributed by atoms with van der Waals surface area (Å²) in [6.07, 6.45) is 4.49. The number of rotatable bonds is 1. The van der Waals surface area contributed by atoms with Crippen molar-refractivity contribution in [2.45, 2.75) is 39.2 Å². The van der Waals surface area contributed by atoms with Crippen LogP contribution >= 0.6 is 15.9 Å². The van der Waals surface area contributed by atoms with Gasteiger partial charge in [0.2, 0.25) is 0 Å². The van der Waals surface area contributed by atoms with Crippen molar-refractivity contribution in [3.8, 4) is 0 Å². The molecule has 0 spiro atoms. The summed E-state index contributed by atoms with van der Waals surface area (Å²) < 4.78 is 20.9. The Bertz CT molecular complexity index is 750. The van der Waals surface area contributed by atoms with Gasteiger partial charge in [-0.25, -0.2) is 9.18 Å². The Balaban J connectivity index is 1.80. The quantitative estimate of drug-likeness (QED) is 0.695. The number of hydrogen-bond acceptors (Lipinski definition) is 3. The number of halogens is 2. The summed E-state index contributed by atoms with van der Waals surface area (Å²) >= 11 is 3.42. The molecule has 0 N–H and O–H groups in total. The standard InChI is InChI=1S/C18H20BrFN2O2/c1-18(2,3)24-17(23)22-7-6-13(15(20)10-22)12-4-5-16-14(12)8-11(19)9-21-16/h4,8-9H,5-7,10H2,1-3H3. The fraction of sp³-hybridized carbons (Fsp3) is 0.444. The normalized spacial score (nSPS) is 17.7. The van der Waals surface area contributed by atoms with Crippen LogP contribution in [-0.2, 0) is 11.2 Å². The van der Waals surface area contributed by atoms with Crippen LogP contribution in [0.1, 0.15) is 38.4 Å². The van der Waals surface area contributed by atoms with Crippen LogP contribution < -0.4 is 0 Å². The molecule has 128 valence electrons. The van der Waals surface area contributed by atoms with E-state index in [1.54, 1.807) is 27.0 Å². The first kappa shape index (κ1) is 17.1. The lowest BCUT2D eigenvalue weighted by Crippen LogP contribution is -2.40. The van der Waals surface area contributed by atoms with Crippen molar-refractivity contribution in [2.75, 3.05) is 13.1 Å². The second-order valence-corrected chi connectivity index (χ2v) is 7.92. The van der Waals surface area contributed by atoms with Crippen molar-refractivity contribution in [1.82, 2.24) is 9.88 Å². The summed E-state index contributed by atoms with van der Waals surface area (Å²) in [7, 11) is 0. The molecule has 1 aromatic heterocycles. The van der Waals surface area contributed by atoms with Crippen LogP contribution in [0.15, 0.2) is 34.2 Å². The van der Waals surface area contributed by atoms with Gasteiger partial charge in [0, 0.05) is 29.2 Å². The van der Waals surface area contributed by atoms with E-state index in [2.05, 4.69) is 20.9 Å². The number of fused-ring (bicyclic) bond motifs is 1. The van der Waals surface area contributed by atoms with E-state index in [9.17, 15) is 9.18 Å². The Morgan fingerprint density at radius 2 is 2.17 bits per heavy atom. The Morgan fingerprint density at radius 3 is 2.83 bits per heavy atom. The van der Waals surface area contributed by atoms with Gasteiger partial charge in [0.15, 0.2) is 0 Å². The molecule has 6 heteroatoms. The Hall–Kier alpha value is -1.69. The molecule has 24 heavy (non-hydrogen) atoms. The van der Waals surface area contributed by atoms with Gasteiger partial charge in [0.05, 0.1) is 12.2 Å². The summed E-state index contributed by atoms with van der Waals surface area (Å²) in [6, 6.07) is 1.97. The van der Waals surface area contributed by atoms with Crippen molar-refractivity contribution < 1.29 is 13.9 Å². The SMILES string of the molecule is CC(C)(C)OC(=O)N1CCC(C2=CCc3ncc(Br)cc32)=C(F)C1. The van der Waals surface area contributed by atoms with Gasteiger partial charge in [-0.15, -0.1) is 0 Å². The summed E-state index contributed by atoms with van der Waals surface area (Å²) in [5, 5.41) is 0. The topological polar surface area (TPSA) is 42.4 Å². The van der Waals surface area contributed by atoms with E-state index in [0.717, 1.165) is 21.3 Å². The van der Waals surface area contributed by atoms with E-state index >= 15 is 0 Å². The molecule has 0 saturated heterocycles. The van der Waals surface area contributed by atoms with E-state index in [-0.39, 0.29) is 12.4 Å². The smallest absolute Gasteiger partial charge is 0.410 e. The second-order valence-electron chi connectivity index (χ2n) is 7.01. The fourth-order valence-electron chi connectivity index (χ4n) is 2.95. The van der Waals surface area contributed by atoms with Gasteiger partial charge in [-0.2, -0.15) is 0 Å². The highest BCUT2D eigenvalue weighted by molar-refractivity contribution is 9.10. The zero-order valence-corrected chi connectivity index (χ0v) is 15.6. The number of amides is 1. The fourth-order valence-corrected chi connectivity index (χ4v) is 3.28. The van der Waals surface area contributed by atoms with Crippen molar-refractivity contribution in [1.29, 1.82) is 0 Å². The van der Waals surface area contributed by atoms with Crippen LogP contribution in [0.25, 0.3) is 5.57 Å². The summed E-state index contributed by atoms with van der Waals surface area (Å²) in [5.74, 6) is -0.272. The van der Waals surface area contributed by atoms with Gasteiger partial charge in [-0.05, 0) is 60.3 Å². The molecule has 1 aromatic rings. The number of hydrogen-bond donors (Lipinski definition) is 0. The average Bonchev–Trinajstić information content (AvgIpc) is 2.88. The number of nitrogens with zero attached hydrogens (tertiary/aromatic N) is 2. The number of allylic oxidation sites excluding steroid dienone is 2. The van der Waals surface area contributed by atoms with E-state index < -0.39 is 11.7 Å². The summed E-state index contributed by atoms with van der Waals surface area (Å²) in [4.78, 5) is 17.9. The number of ether oxygens (including phenoxy) is 1. The Morgan fingerprint density at radius 1 is 1.42 bits per heavy atom. The van der Waals surface area contributed by atoms with Crippen molar-refractivity contribution in [3.05, 3.63) is 45.5 Å². The molecule has 0 fully saturated rings. The minimum absolute atomic E-state index is 0.0433. The lowest BCUT2D eigenvalue weighted by Gasteiger charge is -2.30. The van der Waals surface area contributed by atoms with Crippen LogP contribution in [0.2, 0.25) is 0 Å². The molecule has 4 nitrogen and oxygen atoms in total. The van der Waals surface area contributed by atoms with E-state index in [1.807, 2.05) is 12.1 Å². The molecule has 3 rings (SSSR count). The van der Waals surface area contributed by atoms with Crippen LogP contribution in [0.4, 0.5) is 9.18 Å². The third kappa shape index (κ3) is 3.53. The molecule has 0 unspecified atom stereocenters. The third-order valence-corrected chi connectivity index (χ3v) is 4.43. The minimum atomic E-state index is -0.581. The van der Waals surface area contributed by atoms with E-state index in [4.69, 9.17) is 4.74 Å². The maximum Gasteiger partial charge on any atom is 0.410 e. The number of pyridine rings is 1. The average molecular weight is 395 g/mol. The number of aromatic nitrogens is 1. The molecule has 0 atom stereocenters. The van der Waals surface area contributed by atoms with Gasteiger partial charge in [0.1, 0.15) is 11.4 Å². The van der Waals surface area contributed by atoms with Crippen LogP contribution in [-0.4, -0.2) is 34.7 Å². The van der Waals surface area contributed by atoms with Gasteiger partial charge in [-0.1, -0.05) is 6.08 Å². The van der Waals surface area contributed by atoms with Gasteiger partial charge in [-0.3, -0.25) is 4.98 Å². The minimum Gasteiger partial charge on any atom is -0.444 e. The van der Waals surface area contributed by atoms with Gasteiger partial charge >= 0.3 is 6.09 Å². The van der Waals surface area contributed by atoms with Crippen molar-refractivity contribution in [2.24, 2.45) is 0 Å². The predicted molar refractivity (Wildman–Crippen MR) is 94.2 cm³/mol. The molecule has 2 aliphatic rings. The monoisotopic (exact) mass is 394 g/mol. The number of carbonyl (C=O) groups is 1. The Kier molecular flexibility index (Phi) is 4.51. The van der Waals surface area contributed by atoms with Crippen molar-refractivity contribution >= 4 is 27.6 Å². The van der Waals surface area contributed by atoms with E-state index in [0.29, 0.717) is 25.0 Å². The molecule has 1 amide bonds. The lowest BCUT2D eigenvalue weighted by atomic mass is 9.95. The molecule has 0 saturated carbocycles. The molecule has 1 aliphatic carbocycles. The van der Waals surface area contributed by atoms with Crippen molar-refractivity contribution in [3.63, 3.8) is 0 Å². The molecule has 0 aromatic carbocycles. The number of carbonyl (C=O) groups excluding carboxylic acids is 1. The lowest BCUT2D eigenvalue weighted by molar-refractivity contribution is 0.0249. The van der Waals surface area contributed by atoms with Gasteiger partial charge < -0.3 is 9.64 Å². The zero-order valence-electron chi connectivity index (χ0n) is 14.0. The zero-order chi connectivity index (χ0) is 17.5. The van der Waals surface area contributed by atoms with Crippen LogP contribution in [0.5, 0.6) is 0 Å². The van der Waals surface area contributed by atoms with Gasteiger partial charge in [0.25, 0.3) is 0 Å². The highest BCUT2D eigenvalue weighted by Crippen LogP contribution is 2.38. The molecule has 0 bridgehead atoms. The molecule has 0 radical (unpaired) electrons. The van der Waals surface area contributed by atoms with Crippen LogP contribution in [0.3, 0.4) is 0 Å². The Labute approximate surface area is 149 Å². The second kappa shape index (κ2) is 6.31. The highest BCUT2D eigenvalue weighted by Gasteiger charge is 2.30. The predicted octanol–water partition coefficient (Wildman–Crippen LogP) is 4.65.